The summed E-state index contributed by atoms with van der Waals surface area (Å²) in [6, 6.07) is 10.9. The molecule has 1 aromatic rings. The fourth-order valence-corrected chi connectivity index (χ4v) is 3.35. The minimum Gasteiger partial charge on any atom is -0.355 e. The monoisotopic (exact) mass is 316 g/mol. The van der Waals surface area contributed by atoms with Crippen LogP contribution in [-0.2, 0) is 0 Å². The van der Waals surface area contributed by atoms with Crippen molar-refractivity contribution in [2.45, 2.75) is 32.6 Å². The second-order valence-corrected chi connectivity index (χ2v) is 6.25. The summed E-state index contributed by atoms with van der Waals surface area (Å²) in [6.45, 7) is 11.0. The Hall–Kier alpha value is -1.55. The first-order chi connectivity index (χ1) is 11.3. The van der Waals surface area contributed by atoms with E-state index in [0.717, 1.165) is 38.7 Å². The lowest BCUT2D eigenvalue weighted by Gasteiger charge is -2.24. The molecule has 4 heteroatoms. The van der Waals surface area contributed by atoms with Gasteiger partial charge >= 0.3 is 0 Å². The molecule has 1 atom stereocenters. The van der Waals surface area contributed by atoms with Gasteiger partial charge in [0.2, 0.25) is 0 Å². The van der Waals surface area contributed by atoms with Crippen LogP contribution in [0.5, 0.6) is 0 Å². The van der Waals surface area contributed by atoms with Crippen molar-refractivity contribution in [3.8, 4) is 0 Å². The van der Waals surface area contributed by atoms with Crippen LogP contribution < -0.4 is 5.32 Å². The van der Waals surface area contributed by atoms with Crippen LogP contribution >= 0.6 is 0 Å². The third kappa shape index (κ3) is 5.24. The van der Waals surface area contributed by atoms with Gasteiger partial charge in [-0.05, 0) is 31.5 Å². The van der Waals surface area contributed by atoms with Gasteiger partial charge in [-0.2, -0.15) is 0 Å². The number of likely N-dealkylation sites (N-methyl/N-ethyl adjacent to an activating group) is 1. The molecule has 0 amide bonds. The summed E-state index contributed by atoms with van der Waals surface area (Å²) in [5.41, 5.74) is 1.45. The number of likely N-dealkylation sites (tertiary alicyclic amines) is 1. The number of benzene rings is 1. The largest absolute Gasteiger partial charge is 0.355 e. The fourth-order valence-electron chi connectivity index (χ4n) is 3.35. The molecule has 23 heavy (non-hydrogen) atoms. The molecule has 1 heterocycles. The van der Waals surface area contributed by atoms with E-state index in [-0.39, 0.29) is 0 Å². The average molecular weight is 316 g/mol. The first kappa shape index (κ1) is 17.8. The smallest absolute Gasteiger partial charge is 0.193 e. The van der Waals surface area contributed by atoms with E-state index >= 15 is 0 Å². The molecule has 1 aromatic carbocycles. The van der Waals surface area contributed by atoms with E-state index in [1.807, 2.05) is 7.05 Å². The Bertz CT molecular complexity index is 472. The van der Waals surface area contributed by atoms with Gasteiger partial charge in [-0.25, -0.2) is 0 Å². The van der Waals surface area contributed by atoms with Crippen molar-refractivity contribution in [3.63, 3.8) is 0 Å². The minimum absolute atomic E-state index is 0.627. The van der Waals surface area contributed by atoms with Gasteiger partial charge in [0.25, 0.3) is 0 Å². The van der Waals surface area contributed by atoms with Crippen LogP contribution in [0.3, 0.4) is 0 Å². The molecule has 1 unspecified atom stereocenters. The lowest BCUT2D eigenvalue weighted by atomic mass is 9.99. The zero-order valence-corrected chi connectivity index (χ0v) is 15.0. The van der Waals surface area contributed by atoms with E-state index in [4.69, 9.17) is 0 Å². The molecule has 0 radical (unpaired) electrons. The molecule has 2 rings (SSSR count). The summed E-state index contributed by atoms with van der Waals surface area (Å²) in [7, 11) is 1.89. The van der Waals surface area contributed by atoms with Crippen molar-refractivity contribution in [2.75, 3.05) is 46.3 Å². The summed E-state index contributed by atoms with van der Waals surface area (Å²) in [5, 5.41) is 3.54. The third-order valence-corrected chi connectivity index (χ3v) is 4.67. The highest BCUT2D eigenvalue weighted by molar-refractivity contribution is 5.80. The van der Waals surface area contributed by atoms with E-state index in [1.165, 1.54) is 24.9 Å². The van der Waals surface area contributed by atoms with Crippen LogP contribution in [0.15, 0.2) is 35.3 Å². The summed E-state index contributed by atoms with van der Waals surface area (Å²) < 4.78 is 0. The van der Waals surface area contributed by atoms with Gasteiger partial charge < -0.3 is 15.1 Å². The molecule has 1 saturated heterocycles. The minimum atomic E-state index is 0.627. The first-order valence-corrected chi connectivity index (χ1v) is 9.01. The molecule has 0 aromatic heterocycles. The summed E-state index contributed by atoms with van der Waals surface area (Å²) in [5.74, 6) is 1.68. The van der Waals surface area contributed by atoms with Crippen molar-refractivity contribution in [1.29, 1.82) is 0 Å². The summed E-state index contributed by atoms with van der Waals surface area (Å²) in [6.07, 6.45) is 2.43. The Balaban J connectivity index is 1.81. The highest BCUT2D eigenvalue weighted by atomic mass is 15.3. The molecule has 128 valence electrons. The van der Waals surface area contributed by atoms with Crippen molar-refractivity contribution in [3.05, 3.63) is 35.9 Å². The Labute approximate surface area is 141 Å². The zero-order chi connectivity index (χ0) is 16.5. The van der Waals surface area contributed by atoms with Crippen LogP contribution in [0.4, 0.5) is 0 Å². The normalized spacial score (nSPS) is 18.7. The number of nitrogens with one attached hydrogen (secondary N) is 1. The van der Waals surface area contributed by atoms with E-state index in [2.05, 4.69) is 64.3 Å². The van der Waals surface area contributed by atoms with E-state index in [0.29, 0.717) is 5.92 Å². The van der Waals surface area contributed by atoms with Crippen LogP contribution in [-0.4, -0.2) is 62.1 Å². The van der Waals surface area contributed by atoms with E-state index < -0.39 is 0 Å². The molecule has 1 N–H and O–H groups in total. The topological polar surface area (TPSA) is 30.9 Å². The predicted octanol–water partition coefficient (Wildman–Crippen LogP) is 2.78. The second kappa shape index (κ2) is 9.56. The van der Waals surface area contributed by atoms with Crippen molar-refractivity contribution < 1.29 is 0 Å². The lowest BCUT2D eigenvalue weighted by Crippen LogP contribution is -2.43. The molecule has 1 aliphatic heterocycles. The fraction of sp³-hybridized carbons (Fsp3) is 0.632. The molecule has 1 fully saturated rings. The number of guanidine groups is 1. The van der Waals surface area contributed by atoms with Crippen LogP contribution in [0.2, 0.25) is 0 Å². The van der Waals surface area contributed by atoms with Gasteiger partial charge in [0.05, 0.1) is 0 Å². The molecule has 0 aliphatic carbocycles. The van der Waals surface area contributed by atoms with E-state index in [9.17, 15) is 0 Å². The summed E-state index contributed by atoms with van der Waals surface area (Å²) >= 11 is 0. The standard InChI is InChI=1S/C19H32N4/c1-4-13-22(5-2)15-12-21-19(20-3)23-14-11-18(16-23)17-9-7-6-8-10-17/h6-10,18H,4-5,11-16H2,1-3H3,(H,20,21). The quantitative estimate of drug-likeness (QED) is 0.620. The number of hydrogen-bond donors (Lipinski definition) is 1. The van der Waals surface area contributed by atoms with Crippen LogP contribution in [0, 0.1) is 0 Å². The molecule has 0 spiro atoms. The van der Waals surface area contributed by atoms with Crippen molar-refractivity contribution in [1.82, 2.24) is 15.1 Å². The molecule has 0 bridgehead atoms. The summed E-state index contributed by atoms with van der Waals surface area (Å²) in [4.78, 5) is 9.36. The second-order valence-electron chi connectivity index (χ2n) is 6.25. The third-order valence-electron chi connectivity index (χ3n) is 4.67. The van der Waals surface area contributed by atoms with E-state index in [1.54, 1.807) is 0 Å². The molecular formula is C19H32N4. The molecule has 4 nitrogen and oxygen atoms in total. The van der Waals surface area contributed by atoms with Gasteiger partial charge in [-0.1, -0.05) is 44.2 Å². The molecular weight excluding hydrogens is 284 g/mol. The molecule has 1 aliphatic rings. The Morgan fingerprint density at radius 3 is 2.70 bits per heavy atom. The number of hydrogen-bond acceptors (Lipinski definition) is 2. The molecule has 0 saturated carbocycles. The highest BCUT2D eigenvalue weighted by Gasteiger charge is 2.25. The SMILES string of the molecule is CCCN(CC)CCNC(=NC)N1CCC(c2ccccc2)C1. The zero-order valence-electron chi connectivity index (χ0n) is 15.0. The van der Waals surface area contributed by atoms with Gasteiger partial charge in [0.15, 0.2) is 5.96 Å². The highest BCUT2D eigenvalue weighted by Crippen LogP contribution is 2.26. The lowest BCUT2D eigenvalue weighted by molar-refractivity contribution is 0.291. The Kier molecular flexibility index (Phi) is 7.40. The predicted molar refractivity (Wildman–Crippen MR) is 99.1 cm³/mol. The maximum Gasteiger partial charge on any atom is 0.193 e. The van der Waals surface area contributed by atoms with Gasteiger partial charge in [-0.3, -0.25) is 4.99 Å². The maximum atomic E-state index is 4.48. The van der Waals surface area contributed by atoms with Crippen molar-refractivity contribution in [2.24, 2.45) is 4.99 Å². The Morgan fingerprint density at radius 2 is 2.04 bits per heavy atom. The average Bonchev–Trinajstić information content (AvgIpc) is 3.08. The van der Waals surface area contributed by atoms with Crippen LogP contribution in [0.1, 0.15) is 38.2 Å². The maximum absolute atomic E-state index is 4.48. The van der Waals surface area contributed by atoms with Gasteiger partial charge in [0.1, 0.15) is 0 Å². The van der Waals surface area contributed by atoms with Crippen molar-refractivity contribution >= 4 is 5.96 Å². The first-order valence-electron chi connectivity index (χ1n) is 9.01. The Morgan fingerprint density at radius 1 is 1.26 bits per heavy atom. The number of aliphatic imine (C=N–C) groups is 1. The van der Waals surface area contributed by atoms with Gasteiger partial charge in [-0.15, -0.1) is 0 Å². The number of nitrogens with zero attached hydrogens (tertiary/aromatic N) is 3. The number of rotatable bonds is 7. The van der Waals surface area contributed by atoms with Gasteiger partial charge in [0, 0.05) is 39.1 Å². The van der Waals surface area contributed by atoms with Crippen LogP contribution in [0.25, 0.3) is 0 Å².